The Balaban J connectivity index is 1.26. The smallest absolute Gasteiger partial charge is 0.407 e. The van der Waals surface area contributed by atoms with Crippen molar-refractivity contribution in [1.82, 2.24) is 15.1 Å². The van der Waals surface area contributed by atoms with Crippen LogP contribution in [0.5, 0.6) is 0 Å². The van der Waals surface area contributed by atoms with Gasteiger partial charge in [-0.25, -0.2) is 4.79 Å². The Hall–Kier alpha value is -3.39. The Labute approximate surface area is 205 Å². The molecule has 0 saturated carbocycles. The summed E-state index contributed by atoms with van der Waals surface area (Å²) in [6.45, 7) is 5.14. The lowest BCUT2D eigenvalue weighted by atomic mass is 9.98. The highest BCUT2D eigenvalue weighted by atomic mass is 16.5. The van der Waals surface area contributed by atoms with E-state index in [0.717, 1.165) is 11.1 Å². The number of hydrogen-bond acceptors (Lipinski definition) is 5. The summed E-state index contributed by atoms with van der Waals surface area (Å²) in [5.74, 6) is -0.824. The van der Waals surface area contributed by atoms with E-state index in [1.165, 1.54) is 11.1 Å². The van der Waals surface area contributed by atoms with Gasteiger partial charge in [0.15, 0.2) is 0 Å². The zero-order valence-electron chi connectivity index (χ0n) is 20.1. The van der Waals surface area contributed by atoms with E-state index in [1.54, 1.807) is 4.90 Å². The number of amides is 2. The predicted octanol–water partition coefficient (Wildman–Crippen LogP) is 3.31. The summed E-state index contributed by atoms with van der Waals surface area (Å²) in [7, 11) is 0. The third-order valence-corrected chi connectivity index (χ3v) is 6.95. The number of ether oxygens (including phenoxy) is 1. The predicted molar refractivity (Wildman–Crippen MR) is 132 cm³/mol. The highest BCUT2D eigenvalue weighted by Gasteiger charge is 2.29. The minimum absolute atomic E-state index is 0.00585. The Morgan fingerprint density at radius 1 is 1.00 bits per heavy atom. The molecule has 0 bridgehead atoms. The molecule has 2 aromatic rings. The standard InChI is InChI=1S/C27H33N3O5/c1-2-19(17-25(31)30-15-13-29(14-16-30)12-11-26(32)33)28-27(34)35-18-24-22-9-5-3-7-20(22)21-8-4-6-10-23(21)24/h3-10,19,24H,2,11-18H2,1H3,(H,28,34)(H,32,33)/t19-/m0/s1. The maximum absolute atomic E-state index is 12.8. The molecule has 2 amide bonds. The number of fused-ring (bicyclic) bond motifs is 3. The number of rotatable bonds is 9. The second-order valence-corrected chi connectivity index (χ2v) is 9.15. The SMILES string of the molecule is CC[C@@H](CC(=O)N1CCN(CCC(=O)O)CC1)NC(=O)OCC1c2ccccc2-c2ccccc21. The lowest BCUT2D eigenvalue weighted by Gasteiger charge is -2.35. The van der Waals surface area contributed by atoms with E-state index < -0.39 is 12.1 Å². The molecule has 1 saturated heterocycles. The second kappa shape index (κ2) is 11.4. The first-order valence-electron chi connectivity index (χ1n) is 12.3. The van der Waals surface area contributed by atoms with E-state index in [0.29, 0.717) is 39.1 Å². The third kappa shape index (κ3) is 6.00. The molecule has 1 aliphatic carbocycles. The maximum Gasteiger partial charge on any atom is 0.407 e. The van der Waals surface area contributed by atoms with Gasteiger partial charge in [0.25, 0.3) is 0 Å². The molecular formula is C27H33N3O5. The largest absolute Gasteiger partial charge is 0.481 e. The van der Waals surface area contributed by atoms with Crippen LogP contribution in [0, 0.1) is 0 Å². The van der Waals surface area contributed by atoms with Crippen LogP contribution in [0.3, 0.4) is 0 Å². The van der Waals surface area contributed by atoms with Gasteiger partial charge in [0.05, 0.1) is 6.42 Å². The molecule has 0 spiro atoms. The average molecular weight is 480 g/mol. The van der Waals surface area contributed by atoms with Gasteiger partial charge in [-0.05, 0) is 28.7 Å². The van der Waals surface area contributed by atoms with Crippen molar-refractivity contribution in [3.05, 3.63) is 59.7 Å². The summed E-state index contributed by atoms with van der Waals surface area (Å²) in [4.78, 5) is 40.0. The van der Waals surface area contributed by atoms with E-state index in [9.17, 15) is 14.4 Å². The van der Waals surface area contributed by atoms with Crippen LogP contribution in [-0.2, 0) is 14.3 Å². The third-order valence-electron chi connectivity index (χ3n) is 6.95. The molecule has 1 fully saturated rings. The van der Waals surface area contributed by atoms with E-state index in [4.69, 9.17) is 9.84 Å². The zero-order chi connectivity index (χ0) is 24.8. The zero-order valence-corrected chi connectivity index (χ0v) is 20.1. The van der Waals surface area contributed by atoms with Crippen LogP contribution in [0.2, 0.25) is 0 Å². The summed E-state index contributed by atoms with van der Waals surface area (Å²) in [5.41, 5.74) is 4.67. The van der Waals surface area contributed by atoms with Crippen molar-refractivity contribution >= 4 is 18.0 Å². The van der Waals surface area contributed by atoms with Gasteiger partial charge in [-0.1, -0.05) is 55.5 Å². The molecule has 0 aromatic heterocycles. The minimum atomic E-state index is -0.811. The Kier molecular flexibility index (Phi) is 8.02. The van der Waals surface area contributed by atoms with Crippen molar-refractivity contribution < 1.29 is 24.2 Å². The van der Waals surface area contributed by atoms with Crippen molar-refractivity contribution in [1.29, 1.82) is 0 Å². The van der Waals surface area contributed by atoms with Crippen LogP contribution < -0.4 is 5.32 Å². The van der Waals surface area contributed by atoms with Gasteiger partial charge in [0.1, 0.15) is 6.61 Å². The molecule has 4 rings (SSSR count). The molecule has 0 unspecified atom stereocenters. The van der Waals surface area contributed by atoms with Crippen LogP contribution in [-0.4, -0.2) is 78.2 Å². The summed E-state index contributed by atoms with van der Waals surface area (Å²) >= 11 is 0. The van der Waals surface area contributed by atoms with Crippen LogP contribution in [0.15, 0.2) is 48.5 Å². The first kappa shape index (κ1) is 24.7. The van der Waals surface area contributed by atoms with Gasteiger partial charge in [0, 0.05) is 51.1 Å². The van der Waals surface area contributed by atoms with E-state index in [1.807, 2.05) is 31.2 Å². The number of carboxylic acids is 1. The molecule has 8 nitrogen and oxygen atoms in total. The lowest BCUT2D eigenvalue weighted by molar-refractivity contribution is -0.138. The fraction of sp³-hybridized carbons (Fsp3) is 0.444. The van der Waals surface area contributed by atoms with Gasteiger partial charge in [-0.2, -0.15) is 0 Å². The number of alkyl carbamates (subject to hydrolysis) is 1. The first-order valence-corrected chi connectivity index (χ1v) is 12.3. The number of carbonyl (C=O) groups excluding carboxylic acids is 2. The van der Waals surface area contributed by atoms with Crippen molar-refractivity contribution in [3.8, 4) is 11.1 Å². The Morgan fingerprint density at radius 3 is 2.17 bits per heavy atom. The number of benzene rings is 2. The highest BCUT2D eigenvalue weighted by molar-refractivity contribution is 5.79. The van der Waals surface area contributed by atoms with Crippen molar-refractivity contribution in [2.45, 2.75) is 38.1 Å². The molecule has 35 heavy (non-hydrogen) atoms. The Bertz CT molecular complexity index is 1020. The van der Waals surface area contributed by atoms with Gasteiger partial charge < -0.3 is 20.1 Å². The number of aliphatic carboxylic acids is 1. The van der Waals surface area contributed by atoms with Crippen LogP contribution >= 0.6 is 0 Å². The molecule has 1 aliphatic heterocycles. The lowest BCUT2D eigenvalue weighted by Crippen LogP contribution is -2.50. The fourth-order valence-electron chi connectivity index (χ4n) is 4.92. The second-order valence-electron chi connectivity index (χ2n) is 9.15. The molecule has 2 aromatic carbocycles. The molecule has 1 atom stereocenters. The van der Waals surface area contributed by atoms with Gasteiger partial charge in [0.2, 0.25) is 5.91 Å². The molecular weight excluding hydrogens is 446 g/mol. The summed E-state index contributed by atoms with van der Waals surface area (Å²) in [6.07, 6.45) is 0.435. The molecule has 2 aliphatic rings. The van der Waals surface area contributed by atoms with Gasteiger partial charge in [-0.3, -0.25) is 14.5 Å². The van der Waals surface area contributed by atoms with Crippen LogP contribution in [0.1, 0.15) is 43.2 Å². The van der Waals surface area contributed by atoms with Crippen LogP contribution in [0.4, 0.5) is 4.79 Å². The number of carboxylic acid groups (broad SMARTS) is 1. The van der Waals surface area contributed by atoms with Crippen molar-refractivity contribution in [2.75, 3.05) is 39.3 Å². The number of nitrogens with zero attached hydrogens (tertiary/aromatic N) is 2. The summed E-state index contributed by atoms with van der Waals surface area (Å²) in [6, 6.07) is 16.1. The maximum atomic E-state index is 12.8. The average Bonchev–Trinajstić information content (AvgIpc) is 3.19. The van der Waals surface area contributed by atoms with Crippen molar-refractivity contribution in [3.63, 3.8) is 0 Å². The normalized spacial score (nSPS) is 16.3. The quantitative estimate of drug-likeness (QED) is 0.573. The molecule has 1 heterocycles. The summed E-state index contributed by atoms with van der Waals surface area (Å²) in [5, 5.41) is 11.7. The van der Waals surface area contributed by atoms with Gasteiger partial charge >= 0.3 is 12.1 Å². The van der Waals surface area contributed by atoms with Crippen molar-refractivity contribution in [2.24, 2.45) is 0 Å². The number of hydrogen-bond donors (Lipinski definition) is 2. The van der Waals surface area contributed by atoms with Crippen LogP contribution in [0.25, 0.3) is 11.1 Å². The van der Waals surface area contributed by atoms with E-state index >= 15 is 0 Å². The number of carbonyl (C=O) groups is 3. The van der Waals surface area contributed by atoms with E-state index in [-0.39, 0.29) is 37.3 Å². The summed E-state index contributed by atoms with van der Waals surface area (Å²) < 4.78 is 5.63. The minimum Gasteiger partial charge on any atom is -0.481 e. The highest BCUT2D eigenvalue weighted by Crippen LogP contribution is 2.44. The molecule has 2 N–H and O–H groups in total. The monoisotopic (exact) mass is 479 g/mol. The first-order chi connectivity index (χ1) is 17.0. The van der Waals surface area contributed by atoms with Gasteiger partial charge in [-0.15, -0.1) is 0 Å². The number of piperazine rings is 1. The Morgan fingerprint density at radius 2 is 1.60 bits per heavy atom. The number of nitrogens with one attached hydrogen (secondary N) is 1. The molecule has 8 heteroatoms. The molecule has 186 valence electrons. The fourth-order valence-corrected chi connectivity index (χ4v) is 4.92. The molecule has 0 radical (unpaired) electrons. The topological polar surface area (TPSA) is 99.2 Å². The van der Waals surface area contributed by atoms with E-state index in [2.05, 4.69) is 34.5 Å².